The van der Waals surface area contributed by atoms with Crippen molar-refractivity contribution in [3.05, 3.63) is 35.1 Å². The first-order chi connectivity index (χ1) is 6.32. The third kappa shape index (κ3) is 2.23. The predicted molar refractivity (Wildman–Crippen MR) is 42.2 cm³/mol. The Balaban J connectivity index is 3.12. The number of aryl methyl sites for hydroxylation is 1. The van der Waals surface area contributed by atoms with E-state index in [1.54, 1.807) is 0 Å². The summed E-state index contributed by atoms with van der Waals surface area (Å²) in [6.07, 6.45) is -7.60. The van der Waals surface area contributed by atoms with Gasteiger partial charge in [-0.2, -0.15) is 13.2 Å². The second kappa shape index (κ2) is 3.57. The second-order valence-electron chi connectivity index (χ2n) is 2.97. The Morgan fingerprint density at radius 3 is 2.36 bits per heavy atom. The van der Waals surface area contributed by atoms with Crippen molar-refractivity contribution < 1.29 is 22.7 Å². The Bertz CT molecular complexity index is 332. The van der Waals surface area contributed by atoms with Crippen LogP contribution >= 0.6 is 0 Å². The summed E-state index contributed by atoms with van der Waals surface area (Å²) in [5.41, 5.74) is -0.276. The predicted octanol–water partition coefficient (Wildman–Crippen LogP) is 2.73. The number of hydrogen-bond acceptors (Lipinski definition) is 1. The number of hydrogen-bond donors (Lipinski definition) is 1. The molecule has 0 aliphatic heterocycles. The van der Waals surface area contributed by atoms with Crippen LogP contribution in [0.2, 0.25) is 0 Å². The van der Waals surface area contributed by atoms with E-state index in [4.69, 9.17) is 5.11 Å². The van der Waals surface area contributed by atoms with Crippen molar-refractivity contribution in [1.82, 2.24) is 0 Å². The summed E-state index contributed by atoms with van der Waals surface area (Å²) in [6.45, 7) is 1.52. The summed E-state index contributed by atoms with van der Waals surface area (Å²) in [7, 11) is 0. The molecular weight excluding hydrogens is 200 g/mol. The van der Waals surface area contributed by atoms with Gasteiger partial charge in [0.25, 0.3) is 0 Å². The van der Waals surface area contributed by atoms with E-state index in [-0.39, 0.29) is 0 Å². The van der Waals surface area contributed by atoms with Crippen molar-refractivity contribution in [2.75, 3.05) is 0 Å². The number of alkyl halides is 3. The zero-order valence-electron chi connectivity index (χ0n) is 7.27. The largest absolute Gasteiger partial charge is 0.418 e. The number of aliphatic hydroxyl groups is 1. The van der Waals surface area contributed by atoms with Crippen molar-refractivity contribution >= 4 is 0 Å². The second-order valence-corrected chi connectivity index (χ2v) is 2.97. The molecule has 0 aliphatic rings. The van der Waals surface area contributed by atoms with Gasteiger partial charge in [0.1, 0.15) is 5.82 Å². The highest BCUT2D eigenvalue weighted by atomic mass is 19.4. The molecule has 0 heterocycles. The molecule has 0 fully saturated rings. The van der Waals surface area contributed by atoms with Crippen molar-refractivity contribution in [1.29, 1.82) is 0 Å². The molecule has 1 atom stereocenters. The highest BCUT2D eigenvalue weighted by Crippen LogP contribution is 2.33. The fourth-order valence-corrected chi connectivity index (χ4v) is 1.05. The van der Waals surface area contributed by atoms with Crippen LogP contribution in [-0.2, 0) is 0 Å². The summed E-state index contributed by atoms with van der Waals surface area (Å²) < 4.78 is 49.0. The maximum Gasteiger partial charge on any atom is 0.418 e. The lowest BCUT2D eigenvalue weighted by atomic mass is 10.1. The average Bonchev–Trinajstić information content (AvgIpc) is 2.06. The van der Waals surface area contributed by atoms with Gasteiger partial charge < -0.3 is 5.11 Å². The molecule has 0 amide bonds. The van der Waals surface area contributed by atoms with Crippen LogP contribution in [0.15, 0.2) is 18.2 Å². The molecule has 1 aromatic carbocycles. The fourth-order valence-electron chi connectivity index (χ4n) is 1.05. The molecule has 0 aromatic heterocycles. The molecule has 1 aromatic rings. The Morgan fingerprint density at radius 2 is 1.86 bits per heavy atom. The molecule has 0 saturated heterocycles. The summed E-state index contributed by atoms with van der Waals surface area (Å²) in [5, 5.41) is 8.80. The SMILES string of the molecule is Cc1ccc(F)c([C@@H](O)C(F)(F)F)c1. The van der Waals surface area contributed by atoms with Gasteiger partial charge in [-0.1, -0.05) is 17.7 Å². The van der Waals surface area contributed by atoms with Gasteiger partial charge in [-0.05, 0) is 13.0 Å². The molecule has 0 spiro atoms. The van der Waals surface area contributed by atoms with Crippen molar-refractivity contribution in [2.45, 2.75) is 19.2 Å². The summed E-state index contributed by atoms with van der Waals surface area (Å²) >= 11 is 0. The lowest BCUT2D eigenvalue weighted by molar-refractivity contribution is -0.207. The Morgan fingerprint density at radius 1 is 1.29 bits per heavy atom. The maximum atomic E-state index is 12.9. The number of aliphatic hydroxyl groups excluding tert-OH is 1. The van der Waals surface area contributed by atoms with E-state index >= 15 is 0 Å². The van der Waals surface area contributed by atoms with Crippen LogP contribution in [0, 0.1) is 12.7 Å². The number of halogens is 4. The maximum absolute atomic E-state index is 12.9. The molecule has 0 bridgehead atoms. The van der Waals surface area contributed by atoms with E-state index < -0.39 is 23.7 Å². The van der Waals surface area contributed by atoms with Gasteiger partial charge in [-0.25, -0.2) is 4.39 Å². The van der Waals surface area contributed by atoms with E-state index in [2.05, 4.69) is 0 Å². The fraction of sp³-hybridized carbons (Fsp3) is 0.333. The third-order valence-electron chi connectivity index (χ3n) is 1.76. The van der Waals surface area contributed by atoms with Gasteiger partial charge in [0.05, 0.1) is 0 Å². The highest BCUT2D eigenvalue weighted by molar-refractivity contribution is 5.26. The minimum Gasteiger partial charge on any atom is -0.379 e. The first-order valence-corrected chi connectivity index (χ1v) is 3.83. The minimum atomic E-state index is -4.84. The van der Waals surface area contributed by atoms with Crippen LogP contribution in [0.4, 0.5) is 17.6 Å². The monoisotopic (exact) mass is 208 g/mol. The van der Waals surface area contributed by atoms with E-state index in [1.165, 1.54) is 13.0 Å². The topological polar surface area (TPSA) is 20.2 Å². The van der Waals surface area contributed by atoms with Crippen LogP contribution in [0.5, 0.6) is 0 Å². The molecule has 14 heavy (non-hydrogen) atoms. The molecule has 5 heteroatoms. The van der Waals surface area contributed by atoms with E-state index in [9.17, 15) is 17.6 Å². The number of benzene rings is 1. The summed E-state index contributed by atoms with van der Waals surface area (Å²) in [6, 6.07) is 3.22. The summed E-state index contributed by atoms with van der Waals surface area (Å²) in [4.78, 5) is 0. The van der Waals surface area contributed by atoms with Gasteiger partial charge in [-0.3, -0.25) is 0 Å². The van der Waals surface area contributed by atoms with Crippen molar-refractivity contribution in [2.24, 2.45) is 0 Å². The van der Waals surface area contributed by atoms with Crippen molar-refractivity contribution in [3.8, 4) is 0 Å². The zero-order chi connectivity index (χ0) is 10.9. The lowest BCUT2D eigenvalue weighted by Crippen LogP contribution is -2.21. The highest BCUT2D eigenvalue weighted by Gasteiger charge is 2.40. The molecule has 0 aliphatic carbocycles. The minimum absolute atomic E-state index is 0.463. The molecule has 0 radical (unpaired) electrons. The summed E-state index contributed by atoms with van der Waals surface area (Å²) in [5.74, 6) is -1.06. The number of rotatable bonds is 1. The van der Waals surface area contributed by atoms with E-state index in [0.29, 0.717) is 5.56 Å². The molecule has 0 saturated carbocycles. The quantitative estimate of drug-likeness (QED) is 0.703. The smallest absolute Gasteiger partial charge is 0.379 e. The van der Waals surface area contributed by atoms with Gasteiger partial charge in [-0.15, -0.1) is 0 Å². The van der Waals surface area contributed by atoms with Crippen LogP contribution in [0.25, 0.3) is 0 Å². The molecular formula is C9H8F4O. The Kier molecular flexibility index (Phi) is 2.80. The van der Waals surface area contributed by atoms with Gasteiger partial charge >= 0.3 is 6.18 Å². The van der Waals surface area contributed by atoms with Crippen LogP contribution in [0.1, 0.15) is 17.2 Å². The Labute approximate surface area is 78.0 Å². The van der Waals surface area contributed by atoms with Crippen LogP contribution < -0.4 is 0 Å². The van der Waals surface area contributed by atoms with Gasteiger partial charge in [0.15, 0.2) is 6.10 Å². The normalized spacial score (nSPS) is 14.1. The van der Waals surface area contributed by atoms with E-state index in [1.807, 2.05) is 0 Å². The molecule has 78 valence electrons. The molecule has 0 unspecified atom stereocenters. The zero-order valence-corrected chi connectivity index (χ0v) is 7.27. The lowest BCUT2D eigenvalue weighted by Gasteiger charge is -2.15. The van der Waals surface area contributed by atoms with Crippen molar-refractivity contribution in [3.63, 3.8) is 0 Å². The standard InChI is InChI=1S/C9H8F4O/c1-5-2-3-7(10)6(4-5)8(14)9(11,12)13/h2-4,8,14H,1H3/t8-/m1/s1. The first-order valence-electron chi connectivity index (χ1n) is 3.83. The van der Waals surface area contributed by atoms with Crippen LogP contribution in [0.3, 0.4) is 0 Å². The van der Waals surface area contributed by atoms with Crippen LogP contribution in [-0.4, -0.2) is 11.3 Å². The average molecular weight is 208 g/mol. The molecule has 1 rings (SSSR count). The Hall–Kier alpha value is -1.10. The van der Waals surface area contributed by atoms with E-state index in [0.717, 1.165) is 12.1 Å². The first kappa shape index (κ1) is 11.0. The van der Waals surface area contributed by atoms with Gasteiger partial charge in [0, 0.05) is 5.56 Å². The van der Waals surface area contributed by atoms with Gasteiger partial charge in [0.2, 0.25) is 0 Å². The molecule has 1 N–H and O–H groups in total. The third-order valence-corrected chi connectivity index (χ3v) is 1.76. The molecule has 1 nitrogen and oxygen atoms in total.